The summed E-state index contributed by atoms with van der Waals surface area (Å²) < 4.78 is 3.78. The molecule has 0 spiro atoms. The third-order valence-corrected chi connectivity index (χ3v) is 7.04. The van der Waals surface area contributed by atoms with Crippen LogP contribution in [0.25, 0.3) is 5.57 Å². The molecule has 2 aromatic carbocycles. The van der Waals surface area contributed by atoms with Crippen molar-refractivity contribution < 1.29 is 0 Å². The minimum atomic E-state index is 0.420. The fourth-order valence-corrected chi connectivity index (χ4v) is 5.19. The number of allylic oxidation sites excluding steroid dienone is 9. The molecule has 3 heteroatoms. The van der Waals surface area contributed by atoms with Crippen LogP contribution in [0.15, 0.2) is 126 Å². The topological polar surface area (TPSA) is 15.3 Å². The Morgan fingerprint density at radius 2 is 1.85 bits per heavy atom. The third kappa shape index (κ3) is 7.59. The first-order valence-corrected chi connectivity index (χ1v) is 12.9. The maximum absolute atomic E-state index is 3.96. The van der Waals surface area contributed by atoms with Crippen molar-refractivity contribution in [1.82, 2.24) is 9.62 Å². The summed E-state index contributed by atoms with van der Waals surface area (Å²) in [4.78, 5) is 3.87. The van der Waals surface area contributed by atoms with E-state index in [4.69, 9.17) is 0 Å². The summed E-state index contributed by atoms with van der Waals surface area (Å²) >= 11 is 1.77. The van der Waals surface area contributed by atoms with Crippen LogP contribution in [0.2, 0.25) is 0 Å². The van der Waals surface area contributed by atoms with E-state index in [2.05, 4.69) is 119 Å². The Balaban J connectivity index is 1.54. The SMILES string of the molecule is C=C/C=C(\C=C1\C[C@@H](NSC2=CCC=CC=C2)CCN(Cc2ccccc2)C1)c1ccccc1. The van der Waals surface area contributed by atoms with Crippen LogP contribution >= 0.6 is 11.9 Å². The van der Waals surface area contributed by atoms with Crippen LogP contribution in [0.5, 0.6) is 0 Å². The zero-order chi connectivity index (χ0) is 23.4. The van der Waals surface area contributed by atoms with E-state index < -0.39 is 0 Å². The maximum atomic E-state index is 3.96. The first kappa shape index (κ1) is 24.3. The molecule has 2 nitrogen and oxygen atoms in total. The predicted octanol–water partition coefficient (Wildman–Crippen LogP) is 7.48. The molecule has 0 amide bonds. The highest BCUT2D eigenvalue weighted by Gasteiger charge is 2.21. The molecule has 1 N–H and O–H groups in total. The summed E-state index contributed by atoms with van der Waals surface area (Å²) in [7, 11) is 0. The summed E-state index contributed by atoms with van der Waals surface area (Å²) in [5.41, 5.74) is 5.28. The Hall–Kier alpha value is -2.85. The number of hydrogen-bond acceptors (Lipinski definition) is 3. The fraction of sp³-hybridized carbons (Fsp3) is 0.226. The zero-order valence-electron chi connectivity index (χ0n) is 19.8. The van der Waals surface area contributed by atoms with Crippen LogP contribution in [0.3, 0.4) is 0 Å². The Kier molecular flexibility index (Phi) is 9.39. The lowest BCUT2D eigenvalue weighted by Gasteiger charge is -2.21. The molecule has 174 valence electrons. The van der Waals surface area contributed by atoms with E-state index in [0.29, 0.717) is 6.04 Å². The van der Waals surface area contributed by atoms with Crippen molar-refractivity contribution in [2.45, 2.75) is 31.8 Å². The van der Waals surface area contributed by atoms with E-state index in [0.717, 1.165) is 38.9 Å². The molecule has 1 aliphatic carbocycles. The van der Waals surface area contributed by atoms with Gasteiger partial charge < -0.3 is 0 Å². The van der Waals surface area contributed by atoms with Crippen LogP contribution in [-0.2, 0) is 6.54 Å². The molecule has 0 unspecified atom stereocenters. The average Bonchev–Trinajstić information content (AvgIpc) is 3.25. The van der Waals surface area contributed by atoms with Gasteiger partial charge >= 0.3 is 0 Å². The lowest BCUT2D eigenvalue weighted by atomic mass is 9.99. The van der Waals surface area contributed by atoms with Crippen LogP contribution in [0.4, 0.5) is 0 Å². The van der Waals surface area contributed by atoms with Gasteiger partial charge in [-0.3, -0.25) is 9.62 Å². The summed E-state index contributed by atoms with van der Waals surface area (Å²) in [5.74, 6) is 0. The van der Waals surface area contributed by atoms with E-state index >= 15 is 0 Å². The summed E-state index contributed by atoms with van der Waals surface area (Å²) in [6.07, 6.45) is 20.5. The quantitative estimate of drug-likeness (QED) is 0.321. The van der Waals surface area contributed by atoms with Crippen LogP contribution < -0.4 is 4.72 Å². The smallest absolute Gasteiger partial charge is 0.0237 e. The van der Waals surface area contributed by atoms with E-state index in [-0.39, 0.29) is 0 Å². The summed E-state index contributed by atoms with van der Waals surface area (Å²) in [6.45, 7) is 6.99. The fourth-order valence-electron chi connectivity index (χ4n) is 4.36. The van der Waals surface area contributed by atoms with Crippen molar-refractivity contribution in [3.63, 3.8) is 0 Å². The van der Waals surface area contributed by atoms with Gasteiger partial charge in [0.05, 0.1) is 0 Å². The first-order valence-electron chi connectivity index (χ1n) is 12.1. The van der Waals surface area contributed by atoms with Gasteiger partial charge in [0.2, 0.25) is 0 Å². The van der Waals surface area contributed by atoms with Crippen molar-refractivity contribution in [3.8, 4) is 0 Å². The highest BCUT2D eigenvalue weighted by atomic mass is 32.2. The minimum absolute atomic E-state index is 0.420. The molecule has 1 atom stereocenters. The Labute approximate surface area is 209 Å². The van der Waals surface area contributed by atoms with E-state index in [1.165, 1.54) is 27.2 Å². The van der Waals surface area contributed by atoms with Crippen molar-refractivity contribution in [3.05, 3.63) is 137 Å². The highest BCUT2D eigenvalue weighted by molar-refractivity contribution is 8.01. The molecule has 2 aromatic rings. The highest BCUT2D eigenvalue weighted by Crippen LogP contribution is 2.26. The van der Waals surface area contributed by atoms with Crippen LogP contribution in [0, 0.1) is 0 Å². The van der Waals surface area contributed by atoms with Gasteiger partial charge in [-0.15, -0.1) is 0 Å². The molecule has 34 heavy (non-hydrogen) atoms. The number of benzene rings is 2. The Bertz CT molecular complexity index is 1080. The van der Waals surface area contributed by atoms with Crippen molar-refractivity contribution in [2.24, 2.45) is 0 Å². The Morgan fingerprint density at radius 1 is 1.06 bits per heavy atom. The molecule has 1 saturated heterocycles. The van der Waals surface area contributed by atoms with Gasteiger partial charge in [-0.05, 0) is 54.0 Å². The number of nitrogens with zero attached hydrogens (tertiary/aromatic N) is 1. The number of nitrogens with one attached hydrogen (secondary N) is 1. The third-order valence-electron chi connectivity index (χ3n) is 6.05. The largest absolute Gasteiger partial charge is 0.295 e. The summed E-state index contributed by atoms with van der Waals surface area (Å²) in [6, 6.07) is 21.9. The predicted molar refractivity (Wildman–Crippen MR) is 149 cm³/mol. The molecule has 2 aliphatic rings. The van der Waals surface area contributed by atoms with Crippen LogP contribution in [-0.4, -0.2) is 24.0 Å². The molecule has 1 heterocycles. The van der Waals surface area contributed by atoms with Gasteiger partial charge in [0.25, 0.3) is 0 Å². The van der Waals surface area contributed by atoms with Gasteiger partial charge in [0.15, 0.2) is 0 Å². The summed E-state index contributed by atoms with van der Waals surface area (Å²) in [5, 5.41) is 0. The zero-order valence-corrected chi connectivity index (χ0v) is 20.6. The van der Waals surface area contributed by atoms with Gasteiger partial charge in [0.1, 0.15) is 0 Å². The standard InChI is InChI=1S/C31H34N2S/c1-2-13-29(28-16-9-6-10-17-28)22-27-23-30(32-34-31-18-11-3-4-12-19-31)20-21-33(25-27)24-26-14-7-5-8-15-26/h2-11,13-19,22,30,32H,1,12,20-21,23-25H2/b27-22-,29-13+/t30-/m0/s1. The van der Waals surface area contributed by atoms with Gasteiger partial charge in [-0.2, -0.15) is 0 Å². The second-order valence-corrected chi connectivity index (χ2v) is 9.67. The maximum Gasteiger partial charge on any atom is 0.0237 e. The number of hydrogen-bond donors (Lipinski definition) is 1. The van der Waals surface area contributed by atoms with Gasteiger partial charge in [-0.25, -0.2) is 0 Å². The van der Waals surface area contributed by atoms with Crippen molar-refractivity contribution >= 4 is 17.5 Å². The van der Waals surface area contributed by atoms with Crippen LogP contribution in [0.1, 0.15) is 30.4 Å². The molecule has 0 bridgehead atoms. The lowest BCUT2D eigenvalue weighted by molar-refractivity contribution is 0.291. The molecular formula is C31H34N2S. The molecule has 0 saturated carbocycles. The lowest BCUT2D eigenvalue weighted by Crippen LogP contribution is -2.27. The first-order chi connectivity index (χ1) is 16.8. The molecule has 0 radical (unpaired) electrons. The second kappa shape index (κ2) is 13.1. The van der Waals surface area contributed by atoms with E-state index in [1.54, 1.807) is 11.9 Å². The van der Waals surface area contributed by atoms with Gasteiger partial charge in [0, 0.05) is 30.6 Å². The normalized spacial score (nSPS) is 20.6. The van der Waals surface area contributed by atoms with Crippen molar-refractivity contribution in [2.75, 3.05) is 13.1 Å². The monoisotopic (exact) mass is 466 g/mol. The minimum Gasteiger partial charge on any atom is -0.295 e. The van der Waals surface area contributed by atoms with Gasteiger partial charge in [-0.1, -0.05) is 115 Å². The second-order valence-electron chi connectivity index (χ2n) is 8.76. The molecular weight excluding hydrogens is 432 g/mol. The Morgan fingerprint density at radius 3 is 2.65 bits per heavy atom. The number of rotatable bonds is 8. The molecule has 0 aromatic heterocycles. The van der Waals surface area contributed by atoms with Crippen molar-refractivity contribution in [1.29, 1.82) is 0 Å². The molecule has 4 rings (SSSR count). The van der Waals surface area contributed by atoms with E-state index in [9.17, 15) is 0 Å². The average molecular weight is 467 g/mol. The van der Waals surface area contributed by atoms with E-state index in [1.807, 2.05) is 6.08 Å². The molecule has 1 aliphatic heterocycles. The number of likely N-dealkylation sites (tertiary alicyclic amines) is 1. The molecule has 1 fully saturated rings.